The van der Waals surface area contributed by atoms with Crippen molar-refractivity contribution in [1.82, 2.24) is 5.32 Å². The van der Waals surface area contributed by atoms with E-state index in [1.165, 1.54) is 0 Å². The first-order valence-electron chi connectivity index (χ1n) is 5.72. The summed E-state index contributed by atoms with van der Waals surface area (Å²) in [4.78, 5) is 12.5. The maximum atomic E-state index is 12.1. The highest BCUT2D eigenvalue weighted by Gasteiger charge is 2.15. The summed E-state index contributed by atoms with van der Waals surface area (Å²) >= 11 is 6.83. The lowest BCUT2D eigenvalue weighted by molar-refractivity contribution is 0.0935. The van der Waals surface area contributed by atoms with Crippen LogP contribution in [0, 0.1) is 0 Å². The molecule has 0 bridgehead atoms. The second-order valence-corrected chi connectivity index (χ2v) is 6.71. The molecule has 0 saturated heterocycles. The fourth-order valence-corrected chi connectivity index (χ4v) is 2.60. The van der Waals surface area contributed by atoms with Crippen LogP contribution in [0.5, 0.6) is 5.75 Å². The average molecular weight is 379 g/mol. The van der Waals surface area contributed by atoms with Gasteiger partial charge in [-0.3, -0.25) is 4.79 Å². The van der Waals surface area contributed by atoms with Crippen molar-refractivity contribution in [2.45, 2.75) is 31.1 Å². The van der Waals surface area contributed by atoms with Gasteiger partial charge in [0.15, 0.2) is 0 Å². The van der Waals surface area contributed by atoms with Crippen molar-refractivity contribution in [1.29, 1.82) is 0 Å². The van der Waals surface area contributed by atoms with Gasteiger partial charge in [-0.05, 0) is 31.5 Å². The molecule has 5 heteroatoms. The van der Waals surface area contributed by atoms with Crippen LogP contribution >= 0.6 is 31.9 Å². The van der Waals surface area contributed by atoms with E-state index in [4.69, 9.17) is 4.74 Å². The molecule has 2 atom stereocenters. The summed E-state index contributed by atoms with van der Waals surface area (Å²) in [7, 11) is 1.56. The van der Waals surface area contributed by atoms with E-state index in [0.717, 1.165) is 10.9 Å². The summed E-state index contributed by atoms with van der Waals surface area (Å²) in [5.74, 6) is 0.459. The molecule has 0 fully saturated rings. The minimum atomic E-state index is -0.111. The van der Waals surface area contributed by atoms with Crippen LogP contribution in [0.3, 0.4) is 0 Å². The maximum absolute atomic E-state index is 12.1. The van der Waals surface area contributed by atoms with E-state index >= 15 is 0 Å². The molecule has 18 heavy (non-hydrogen) atoms. The fraction of sp³-hybridized carbons (Fsp3) is 0.462. The lowest BCUT2D eigenvalue weighted by atomic mass is 10.1. The zero-order valence-corrected chi connectivity index (χ0v) is 13.8. The maximum Gasteiger partial charge on any atom is 0.255 e. The molecule has 3 nitrogen and oxygen atoms in total. The smallest absolute Gasteiger partial charge is 0.255 e. The van der Waals surface area contributed by atoms with Gasteiger partial charge in [0.25, 0.3) is 5.91 Å². The molecule has 0 aromatic heterocycles. The molecule has 100 valence electrons. The number of nitrogens with one attached hydrogen (secondary N) is 1. The van der Waals surface area contributed by atoms with Gasteiger partial charge in [0.2, 0.25) is 0 Å². The van der Waals surface area contributed by atoms with E-state index < -0.39 is 0 Å². The van der Waals surface area contributed by atoms with Crippen LogP contribution in [0.2, 0.25) is 0 Å². The third kappa shape index (κ3) is 4.61. The number of alkyl halides is 1. The SMILES string of the molecule is COc1cc(Br)ccc1C(=O)NC(C)CC(C)Br. The Hall–Kier alpha value is -0.550. The largest absolute Gasteiger partial charge is 0.496 e. The molecule has 0 aliphatic heterocycles. The summed E-state index contributed by atoms with van der Waals surface area (Å²) < 4.78 is 6.10. The molecule has 0 aliphatic carbocycles. The summed E-state index contributed by atoms with van der Waals surface area (Å²) in [6, 6.07) is 5.48. The number of halogens is 2. The highest BCUT2D eigenvalue weighted by molar-refractivity contribution is 9.10. The van der Waals surface area contributed by atoms with Gasteiger partial charge in [-0.2, -0.15) is 0 Å². The number of carbonyl (C=O) groups excluding carboxylic acids is 1. The van der Waals surface area contributed by atoms with Crippen molar-refractivity contribution >= 4 is 37.8 Å². The molecule has 0 aliphatic rings. The third-order valence-corrected chi connectivity index (χ3v) is 3.33. The number of ether oxygens (including phenoxy) is 1. The topological polar surface area (TPSA) is 38.3 Å². The Kier molecular flexibility index (Phi) is 6.15. The highest BCUT2D eigenvalue weighted by atomic mass is 79.9. The van der Waals surface area contributed by atoms with Gasteiger partial charge in [0, 0.05) is 15.3 Å². The van der Waals surface area contributed by atoms with Crippen molar-refractivity contribution in [2.75, 3.05) is 7.11 Å². The second-order valence-electron chi connectivity index (χ2n) is 4.24. The van der Waals surface area contributed by atoms with E-state index in [-0.39, 0.29) is 11.9 Å². The van der Waals surface area contributed by atoms with E-state index in [0.29, 0.717) is 16.1 Å². The number of methoxy groups -OCH3 is 1. The number of amides is 1. The molecule has 1 aromatic carbocycles. The Morgan fingerprint density at radius 1 is 1.44 bits per heavy atom. The summed E-state index contributed by atoms with van der Waals surface area (Å²) in [5, 5.41) is 2.96. The van der Waals surface area contributed by atoms with Crippen molar-refractivity contribution in [3.05, 3.63) is 28.2 Å². The zero-order valence-electron chi connectivity index (χ0n) is 10.7. The lowest BCUT2D eigenvalue weighted by Gasteiger charge is -2.16. The molecule has 1 N–H and O–H groups in total. The highest BCUT2D eigenvalue weighted by Crippen LogP contribution is 2.23. The molecular formula is C13H17Br2NO2. The van der Waals surface area contributed by atoms with Crippen molar-refractivity contribution in [3.8, 4) is 5.75 Å². The Morgan fingerprint density at radius 3 is 2.67 bits per heavy atom. The van der Waals surface area contributed by atoms with E-state index in [2.05, 4.69) is 44.1 Å². The summed E-state index contributed by atoms with van der Waals surface area (Å²) in [5.41, 5.74) is 0.551. The first kappa shape index (κ1) is 15.5. The van der Waals surface area contributed by atoms with E-state index in [1.54, 1.807) is 19.2 Å². The Bertz CT molecular complexity index is 421. The predicted octanol–water partition coefficient (Wildman–Crippen LogP) is 3.75. The molecule has 0 spiro atoms. The molecule has 0 heterocycles. The number of benzene rings is 1. The van der Waals surface area contributed by atoms with Gasteiger partial charge in [-0.15, -0.1) is 0 Å². The van der Waals surface area contributed by atoms with Crippen molar-refractivity contribution < 1.29 is 9.53 Å². The molecule has 2 unspecified atom stereocenters. The van der Waals surface area contributed by atoms with Crippen LogP contribution in [-0.4, -0.2) is 23.9 Å². The normalized spacial score (nSPS) is 13.8. The Labute approximate surface area is 125 Å². The van der Waals surface area contributed by atoms with Gasteiger partial charge in [0.05, 0.1) is 12.7 Å². The van der Waals surface area contributed by atoms with Gasteiger partial charge in [0.1, 0.15) is 5.75 Å². The monoisotopic (exact) mass is 377 g/mol. The quantitative estimate of drug-likeness (QED) is 0.792. The predicted molar refractivity (Wildman–Crippen MR) is 80.6 cm³/mol. The van der Waals surface area contributed by atoms with Crippen molar-refractivity contribution in [3.63, 3.8) is 0 Å². The lowest BCUT2D eigenvalue weighted by Crippen LogP contribution is -2.34. The van der Waals surface area contributed by atoms with E-state index in [9.17, 15) is 4.79 Å². The van der Waals surface area contributed by atoms with Crippen LogP contribution in [-0.2, 0) is 0 Å². The minimum Gasteiger partial charge on any atom is -0.496 e. The number of hydrogen-bond donors (Lipinski definition) is 1. The Balaban J connectivity index is 2.78. The van der Waals surface area contributed by atoms with Crippen LogP contribution in [0.15, 0.2) is 22.7 Å². The molecule has 0 saturated carbocycles. The van der Waals surface area contributed by atoms with Crippen molar-refractivity contribution in [2.24, 2.45) is 0 Å². The van der Waals surface area contributed by atoms with Crippen LogP contribution in [0.1, 0.15) is 30.6 Å². The molecule has 0 radical (unpaired) electrons. The van der Waals surface area contributed by atoms with E-state index in [1.807, 2.05) is 13.0 Å². The van der Waals surface area contributed by atoms with Crippen LogP contribution in [0.4, 0.5) is 0 Å². The van der Waals surface area contributed by atoms with Crippen LogP contribution in [0.25, 0.3) is 0 Å². The number of rotatable bonds is 5. The summed E-state index contributed by atoms with van der Waals surface area (Å²) in [6.07, 6.45) is 0.880. The average Bonchev–Trinajstić information content (AvgIpc) is 2.27. The van der Waals surface area contributed by atoms with Gasteiger partial charge >= 0.3 is 0 Å². The van der Waals surface area contributed by atoms with Gasteiger partial charge < -0.3 is 10.1 Å². The van der Waals surface area contributed by atoms with Crippen LogP contribution < -0.4 is 10.1 Å². The third-order valence-electron chi connectivity index (χ3n) is 2.46. The summed E-state index contributed by atoms with van der Waals surface area (Å²) in [6.45, 7) is 4.05. The second kappa shape index (κ2) is 7.14. The number of carbonyl (C=O) groups is 1. The van der Waals surface area contributed by atoms with Gasteiger partial charge in [-0.25, -0.2) is 0 Å². The molecular weight excluding hydrogens is 362 g/mol. The molecule has 1 aromatic rings. The number of hydrogen-bond acceptors (Lipinski definition) is 2. The standard InChI is InChI=1S/C13H17Br2NO2/c1-8(14)6-9(2)16-13(17)11-5-4-10(15)7-12(11)18-3/h4-5,7-9H,6H2,1-3H3,(H,16,17). The first-order chi connectivity index (χ1) is 8.43. The molecule has 1 amide bonds. The fourth-order valence-electron chi connectivity index (χ4n) is 1.70. The zero-order chi connectivity index (χ0) is 13.7. The van der Waals surface area contributed by atoms with Gasteiger partial charge in [-0.1, -0.05) is 38.8 Å². The Morgan fingerprint density at radius 2 is 2.11 bits per heavy atom. The first-order valence-corrected chi connectivity index (χ1v) is 7.43. The molecule has 1 rings (SSSR count). The minimum absolute atomic E-state index is 0.111.